The summed E-state index contributed by atoms with van der Waals surface area (Å²) in [4.78, 5) is 0. The van der Waals surface area contributed by atoms with Gasteiger partial charge in [-0.2, -0.15) is 0 Å². The Morgan fingerprint density at radius 3 is 2.57 bits per heavy atom. The zero-order valence-corrected chi connectivity index (χ0v) is 17.4. The highest BCUT2D eigenvalue weighted by Gasteiger charge is 2.38. The Hall–Kier alpha value is -0.393. The van der Waals surface area contributed by atoms with Gasteiger partial charge >= 0.3 is 0 Å². The van der Waals surface area contributed by atoms with Crippen LogP contribution >= 0.6 is 15.9 Å². The van der Waals surface area contributed by atoms with Crippen molar-refractivity contribution in [1.82, 2.24) is 0 Å². The Morgan fingerprint density at radius 1 is 1.26 bits per heavy atom. The minimum atomic E-state index is -1.74. The fraction of sp³-hybridized carbons (Fsp3) is 0.667. The quantitative estimate of drug-likeness (QED) is 0.472. The van der Waals surface area contributed by atoms with E-state index in [9.17, 15) is 4.39 Å². The van der Waals surface area contributed by atoms with Gasteiger partial charge in [-0.05, 0) is 54.1 Å². The minimum absolute atomic E-state index is 0.137. The molecule has 1 aromatic rings. The monoisotopic (exact) mass is 402 g/mol. The molecule has 0 saturated heterocycles. The molecule has 23 heavy (non-hydrogen) atoms. The van der Waals surface area contributed by atoms with Crippen molar-refractivity contribution in [2.24, 2.45) is 5.92 Å². The van der Waals surface area contributed by atoms with Crippen LogP contribution in [0, 0.1) is 11.7 Å². The molecule has 1 atom stereocenters. The fourth-order valence-corrected chi connectivity index (χ4v) is 3.90. The lowest BCUT2D eigenvalue weighted by Crippen LogP contribution is -2.42. The van der Waals surface area contributed by atoms with E-state index in [0.717, 1.165) is 35.9 Å². The Morgan fingerprint density at radius 2 is 1.96 bits per heavy atom. The van der Waals surface area contributed by atoms with Gasteiger partial charge in [0.25, 0.3) is 0 Å². The maximum Gasteiger partial charge on any atom is 0.191 e. The number of ether oxygens (including phenoxy) is 1. The summed E-state index contributed by atoms with van der Waals surface area (Å²) >= 11 is 3.32. The van der Waals surface area contributed by atoms with Gasteiger partial charge < -0.3 is 9.16 Å². The highest BCUT2D eigenvalue weighted by Crippen LogP contribution is 2.38. The van der Waals surface area contributed by atoms with Crippen LogP contribution in [0.2, 0.25) is 18.1 Å². The van der Waals surface area contributed by atoms with Crippen LogP contribution in [0.5, 0.6) is 5.75 Å². The maximum absolute atomic E-state index is 14.3. The second-order valence-corrected chi connectivity index (χ2v) is 13.5. The Balaban J connectivity index is 2.00. The SMILES string of the molecule is CC(C)(C)[Si](C)(C)OCC1Cc2cc(OCCBr)cc(F)c2C1. The molecule has 130 valence electrons. The first-order chi connectivity index (χ1) is 10.6. The summed E-state index contributed by atoms with van der Waals surface area (Å²) in [6, 6.07) is 3.51. The highest BCUT2D eigenvalue weighted by atomic mass is 79.9. The van der Waals surface area contributed by atoms with Gasteiger partial charge in [-0.25, -0.2) is 4.39 Å². The average Bonchev–Trinajstić information content (AvgIpc) is 2.85. The lowest BCUT2D eigenvalue weighted by atomic mass is 10.1. The molecule has 0 fully saturated rings. The third-order valence-corrected chi connectivity index (χ3v) is 9.92. The normalized spacial score (nSPS) is 18.1. The van der Waals surface area contributed by atoms with E-state index in [2.05, 4.69) is 49.8 Å². The molecule has 5 heteroatoms. The number of rotatable bonds is 6. The van der Waals surface area contributed by atoms with Gasteiger partial charge in [-0.3, -0.25) is 0 Å². The van der Waals surface area contributed by atoms with Crippen molar-refractivity contribution < 1.29 is 13.6 Å². The molecule has 1 aliphatic carbocycles. The summed E-state index contributed by atoms with van der Waals surface area (Å²) in [5, 5.41) is 0.953. The van der Waals surface area contributed by atoms with E-state index in [4.69, 9.17) is 9.16 Å². The molecule has 0 aliphatic heterocycles. The van der Waals surface area contributed by atoms with E-state index in [1.807, 2.05) is 6.07 Å². The molecule has 2 nitrogen and oxygen atoms in total. The fourth-order valence-electron chi connectivity index (χ4n) is 2.65. The van der Waals surface area contributed by atoms with Crippen LogP contribution in [0.15, 0.2) is 12.1 Å². The van der Waals surface area contributed by atoms with E-state index < -0.39 is 8.32 Å². The summed E-state index contributed by atoms with van der Waals surface area (Å²) in [5.74, 6) is 0.869. The van der Waals surface area contributed by atoms with Crippen molar-refractivity contribution in [1.29, 1.82) is 0 Å². The Labute approximate surface area is 149 Å². The van der Waals surface area contributed by atoms with E-state index >= 15 is 0 Å². The lowest BCUT2D eigenvalue weighted by Gasteiger charge is -2.37. The van der Waals surface area contributed by atoms with E-state index in [1.165, 1.54) is 6.07 Å². The molecular formula is C18H28BrFO2Si. The number of hydrogen-bond donors (Lipinski definition) is 0. The molecule has 0 radical (unpaired) electrons. The third kappa shape index (κ3) is 4.58. The Bertz CT molecular complexity index is 555. The second kappa shape index (κ2) is 7.24. The first-order valence-electron chi connectivity index (χ1n) is 8.28. The molecule has 0 heterocycles. The van der Waals surface area contributed by atoms with Gasteiger partial charge in [0.15, 0.2) is 8.32 Å². The predicted octanol–water partition coefficient (Wildman–Crippen LogP) is 5.34. The predicted molar refractivity (Wildman–Crippen MR) is 99.7 cm³/mol. The molecule has 0 spiro atoms. The summed E-state index contributed by atoms with van der Waals surface area (Å²) in [6.07, 6.45) is 1.65. The first kappa shape index (κ1) is 18.9. The van der Waals surface area contributed by atoms with Gasteiger partial charge in [0, 0.05) is 18.0 Å². The summed E-state index contributed by atoms with van der Waals surface area (Å²) < 4.78 is 26.2. The van der Waals surface area contributed by atoms with E-state index in [0.29, 0.717) is 18.3 Å². The Kier molecular flexibility index (Phi) is 5.96. The molecular weight excluding hydrogens is 375 g/mol. The van der Waals surface area contributed by atoms with Crippen LogP contribution in [0.25, 0.3) is 0 Å². The summed E-state index contributed by atoms with van der Waals surface area (Å²) in [7, 11) is -1.74. The zero-order chi connectivity index (χ0) is 17.3. The third-order valence-electron chi connectivity index (χ3n) is 5.09. The number of alkyl halides is 1. The zero-order valence-electron chi connectivity index (χ0n) is 14.8. The van der Waals surface area contributed by atoms with Crippen LogP contribution in [0.3, 0.4) is 0 Å². The van der Waals surface area contributed by atoms with Crippen molar-refractivity contribution in [3.05, 3.63) is 29.1 Å². The molecule has 0 saturated carbocycles. The van der Waals surface area contributed by atoms with Crippen LogP contribution in [0.1, 0.15) is 31.9 Å². The summed E-state index contributed by atoms with van der Waals surface area (Å²) in [5.41, 5.74) is 1.93. The number of fused-ring (bicyclic) bond motifs is 1. The van der Waals surface area contributed by atoms with Crippen molar-refractivity contribution >= 4 is 24.2 Å². The maximum atomic E-state index is 14.3. The molecule has 0 N–H and O–H groups in total. The molecule has 1 aromatic carbocycles. The number of benzene rings is 1. The lowest BCUT2D eigenvalue weighted by molar-refractivity contribution is 0.232. The molecule has 0 amide bonds. The van der Waals surface area contributed by atoms with Gasteiger partial charge in [-0.1, -0.05) is 36.7 Å². The molecule has 0 bridgehead atoms. The van der Waals surface area contributed by atoms with Gasteiger partial charge in [0.2, 0.25) is 0 Å². The molecule has 2 rings (SSSR count). The molecule has 0 aromatic heterocycles. The molecule has 1 unspecified atom stereocenters. The van der Waals surface area contributed by atoms with Crippen LogP contribution in [0.4, 0.5) is 4.39 Å². The van der Waals surface area contributed by atoms with Crippen molar-refractivity contribution in [3.63, 3.8) is 0 Å². The average molecular weight is 403 g/mol. The highest BCUT2D eigenvalue weighted by molar-refractivity contribution is 9.09. The smallest absolute Gasteiger partial charge is 0.191 e. The van der Waals surface area contributed by atoms with Crippen LogP contribution in [-0.2, 0) is 17.3 Å². The van der Waals surface area contributed by atoms with Crippen LogP contribution in [-0.4, -0.2) is 26.9 Å². The van der Waals surface area contributed by atoms with Crippen molar-refractivity contribution in [3.8, 4) is 5.75 Å². The standard InChI is InChI=1S/C18H28BrFO2Si/c1-18(2,3)23(4,5)22-12-13-8-14-10-15(21-7-6-19)11-17(20)16(14)9-13/h10-11,13H,6-9,12H2,1-5H3. The van der Waals surface area contributed by atoms with Crippen LogP contribution < -0.4 is 4.74 Å². The number of halogens is 2. The van der Waals surface area contributed by atoms with Crippen molar-refractivity contribution in [2.45, 2.75) is 51.7 Å². The topological polar surface area (TPSA) is 18.5 Å². The first-order valence-corrected chi connectivity index (χ1v) is 12.3. The van der Waals surface area contributed by atoms with Gasteiger partial charge in [-0.15, -0.1) is 0 Å². The van der Waals surface area contributed by atoms with Gasteiger partial charge in [0.1, 0.15) is 11.6 Å². The largest absolute Gasteiger partial charge is 0.493 e. The van der Waals surface area contributed by atoms with Crippen molar-refractivity contribution in [2.75, 3.05) is 18.5 Å². The summed E-state index contributed by atoms with van der Waals surface area (Å²) in [6.45, 7) is 12.5. The van der Waals surface area contributed by atoms with E-state index in [1.54, 1.807) is 0 Å². The second-order valence-electron chi connectivity index (χ2n) is 7.93. The van der Waals surface area contributed by atoms with E-state index in [-0.39, 0.29) is 10.9 Å². The molecule has 1 aliphatic rings. The number of hydrogen-bond acceptors (Lipinski definition) is 2. The van der Waals surface area contributed by atoms with Gasteiger partial charge in [0.05, 0.1) is 6.61 Å². The minimum Gasteiger partial charge on any atom is -0.493 e.